The van der Waals surface area contributed by atoms with Gasteiger partial charge in [0.1, 0.15) is 5.15 Å². The number of anilines is 3. The molecular formula is C20H18ClF3N6O2. The van der Waals surface area contributed by atoms with Crippen molar-refractivity contribution in [3.63, 3.8) is 0 Å². The van der Waals surface area contributed by atoms with E-state index < -0.39 is 17.8 Å². The van der Waals surface area contributed by atoms with Crippen LogP contribution in [-0.2, 0) is 6.18 Å². The van der Waals surface area contributed by atoms with Crippen LogP contribution in [0.2, 0.25) is 5.15 Å². The Hall–Kier alpha value is -3.18. The molecule has 0 saturated carbocycles. The van der Waals surface area contributed by atoms with E-state index in [2.05, 4.69) is 25.3 Å². The summed E-state index contributed by atoms with van der Waals surface area (Å²) >= 11 is 5.89. The summed E-state index contributed by atoms with van der Waals surface area (Å²) in [6.45, 7) is 0.904. The first-order valence-corrected chi connectivity index (χ1v) is 10.1. The molecule has 1 saturated heterocycles. The van der Waals surface area contributed by atoms with Gasteiger partial charge in [0, 0.05) is 24.8 Å². The predicted octanol–water partition coefficient (Wildman–Crippen LogP) is 4.44. The van der Waals surface area contributed by atoms with Crippen LogP contribution in [0.15, 0.2) is 42.5 Å². The van der Waals surface area contributed by atoms with Crippen LogP contribution in [0.1, 0.15) is 18.4 Å². The Bertz CT molecular complexity index is 1100. The summed E-state index contributed by atoms with van der Waals surface area (Å²) in [6, 6.07) is 9.30. The Morgan fingerprint density at radius 2 is 1.91 bits per heavy atom. The number of rotatable bonds is 5. The second-order valence-corrected chi connectivity index (χ2v) is 7.48. The average molecular weight is 467 g/mol. The van der Waals surface area contributed by atoms with E-state index >= 15 is 0 Å². The number of pyridine rings is 1. The smallest absolute Gasteiger partial charge is 0.405 e. The van der Waals surface area contributed by atoms with Crippen molar-refractivity contribution in [1.29, 1.82) is 0 Å². The third-order valence-electron chi connectivity index (χ3n) is 4.61. The number of aromatic nitrogens is 4. The van der Waals surface area contributed by atoms with Crippen molar-refractivity contribution < 1.29 is 23.0 Å². The zero-order valence-electron chi connectivity index (χ0n) is 16.6. The lowest BCUT2D eigenvalue weighted by molar-refractivity contribution is -0.137. The van der Waals surface area contributed by atoms with Crippen LogP contribution in [0, 0.1) is 0 Å². The Labute approximate surface area is 186 Å². The molecule has 0 spiro atoms. The standard InChI is InChI=1S/C20H18ClF3N6O2/c21-15-7-2-8-16(26-15)32-19-28-17(25-13-5-1-4-12(10-13)20(22,23)24)27-18(29-19)30-9-3-6-14(31)11-30/h1-2,4-5,7-8,10,14,31H,3,6,9,11H2,(H,25,27,28,29)/t14-/m1/s1. The van der Waals surface area contributed by atoms with E-state index in [0.717, 1.165) is 18.6 Å². The number of piperidine rings is 1. The summed E-state index contributed by atoms with van der Waals surface area (Å²) in [6.07, 6.45) is -3.64. The van der Waals surface area contributed by atoms with Gasteiger partial charge in [-0.2, -0.15) is 28.1 Å². The van der Waals surface area contributed by atoms with Crippen LogP contribution in [0.4, 0.5) is 30.8 Å². The molecule has 1 aliphatic rings. The summed E-state index contributed by atoms with van der Waals surface area (Å²) in [5, 5.41) is 13.0. The lowest BCUT2D eigenvalue weighted by atomic mass is 10.1. The predicted molar refractivity (Wildman–Crippen MR) is 111 cm³/mol. The lowest BCUT2D eigenvalue weighted by Crippen LogP contribution is -2.39. The highest BCUT2D eigenvalue weighted by molar-refractivity contribution is 6.29. The maximum atomic E-state index is 13.1. The van der Waals surface area contributed by atoms with Crippen LogP contribution in [0.5, 0.6) is 11.9 Å². The van der Waals surface area contributed by atoms with Gasteiger partial charge in [-0.05, 0) is 37.1 Å². The largest absolute Gasteiger partial charge is 0.416 e. The molecule has 8 nitrogen and oxygen atoms in total. The van der Waals surface area contributed by atoms with E-state index in [-0.39, 0.29) is 34.6 Å². The van der Waals surface area contributed by atoms with Crippen molar-refractivity contribution in [3.8, 4) is 11.9 Å². The molecule has 0 radical (unpaired) electrons. The van der Waals surface area contributed by atoms with Crippen molar-refractivity contribution >= 4 is 29.2 Å². The number of nitrogens with one attached hydrogen (secondary N) is 1. The molecule has 1 fully saturated rings. The monoisotopic (exact) mass is 466 g/mol. The fourth-order valence-corrected chi connectivity index (χ4v) is 3.32. The highest BCUT2D eigenvalue weighted by atomic mass is 35.5. The van der Waals surface area contributed by atoms with Crippen LogP contribution >= 0.6 is 11.6 Å². The normalized spacial score (nSPS) is 16.7. The van der Waals surface area contributed by atoms with Crippen molar-refractivity contribution in [3.05, 3.63) is 53.2 Å². The van der Waals surface area contributed by atoms with Crippen molar-refractivity contribution in [1.82, 2.24) is 19.9 Å². The minimum atomic E-state index is -4.49. The molecule has 0 bridgehead atoms. The van der Waals surface area contributed by atoms with E-state index in [4.69, 9.17) is 16.3 Å². The van der Waals surface area contributed by atoms with Gasteiger partial charge in [-0.1, -0.05) is 23.7 Å². The van der Waals surface area contributed by atoms with Gasteiger partial charge in [0.05, 0.1) is 11.7 Å². The molecule has 168 valence electrons. The van der Waals surface area contributed by atoms with Gasteiger partial charge in [0.25, 0.3) is 0 Å². The van der Waals surface area contributed by atoms with Crippen molar-refractivity contribution in [2.24, 2.45) is 0 Å². The number of benzene rings is 1. The van der Waals surface area contributed by atoms with Gasteiger partial charge < -0.3 is 20.1 Å². The second-order valence-electron chi connectivity index (χ2n) is 7.09. The van der Waals surface area contributed by atoms with Crippen LogP contribution in [-0.4, -0.2) is 44.2 Å². The number of aliphatic hydroxyl groups is 1. The van der Waals surface area contributed by atoms with Gasteiger partial charge in [-0.15, -0.1) is 0 Å². The highest BCUT2D eigenvalue weighted by Crippen LogP contribution is 2.31. The molecule has 32 heavy (non-hydrogen) atoms. The quantitative estimate of drug-likeness (QED) is 0.533. The van der Waals surface area contributed by atoms with Gasteiger partial charge in [-0.3, -0.25) is 0 Å². The topological polar surface area (TPSA) is 96.3 Å². The van der Waals surface area contributed by atoms with Gasteiger partial charge in [0.2, 0.25) is 17.8 Å². The first-order valence-electron chi connectivity index (χ1n) is 9.70. The number of nitrogens with zero attached hydrogens (tertiary/aromatic N) is 5. The van der Waals surface area contributed by atoms with Crippen LogP contribution < -0.4 is 15.0 Å². The third-order valence-corrected chi connectivity index (χ3v) is 4.82. The molecule has 1 aromatic carbocycles. The Morgan fingerprint density at radius 3 is 2.66 bits per heavy atom. The van der Waals surface area contributed by atoms with Crippen molar-refractivity contribution in [2.75, 3.05) is 23.3 Å². The average Bonchev–Trinajstić information content (AvgIpc) is 2.73. The molecule has 1 aliphatic heterocycles. The molecule has 0 aliphatic carbocycles. The molecule has 2 aromatic heterocycles. The Morgan fingerprint density at radius 1 is 1.09 bits per heavy atom. The number of hydrogen-bond donors (Lipinski definition) is 2. The first-order chi connectivity index (χ1) is 15.3. The zero-order valence-corrected chi connectivity index (χ0v) is 17.3. The lowest BCUT2D eigenvalue weighted by Gasteiger charge is -2.30. The number of hydrogen-bond acceptors (Lipinski definition) is 8. The molecular weight excluding hydrogens is 449 g/mol. The third kappa shape index (κ3) is 5.54. The summed E-state index contributed by atoms with van der Waals surface area (Å²) in [7, 11) is 0. The maximum absolute atomic E-state index is 13.1. The minimum absolute atomic E-state index is 0.0218. The highest BCUT2D eigenvalue weighted by Gasteiger charge is 2.30. The van der Waals surface area contributed by atoms with Crippen LogP contribution in [0.25, 0.3) is 0 Å². The Kier molecular flexibility index (Phi) is 6.28. The summed E-state index contributed by atoms with van der Waals surface area (Å²) in [4.78, 5) is 18.5. The molecule has 3 heterocycles. The molecule has 0 amide bonds. The molecule has 0 unspecified atom stereocenters. The summed E-state index contributed by atoms with van der Waals surface area (Å²) in [5.74, 6) is 0.329. The van der Waals surface area contributed by atoms with E-state index in [1.807, 2.05) is 0 Å². The number of ether oxygens (including phenoxy) is 1. The number of β-amino-alcohol motifs (C(OH)–C–C–N with tert-alkyl or cyclic N) is 1. The van der Waals surface area contributed by atoms with Gasteiger partial charge >= 0.3 is 12.2 Å². The zero-order chi connectivity index (χ0) is 22.7. The Balaban J connectivity index is 1.66. The van der Waals surface area contributed by atoms with E-state index in [1.54, 1.807) is 23.1 Å². The SMILES string of the molecule is O[C@@H]1CCCN(c2nc(Nc3cccc(C(F)(F)F)c3)nc(Oc3cccc(Cl)n3)n2)C1. The molecule has 4 rings (SSSR count). The van der Waals surface area contributed by atoms with Gasteiger partial charge in [-0.25, -0.2) is 4.98 Å². The van der Waals surface area contributed by atoms with Crippen molar-refractivity contribution in [2.45, 2.75) is 25.1 Å². The number of alkyl halides is 3. The summed E-state index contributed by atoms with van der Waals surface area (Å²) in [5.41, 5.74) is -0.669. The second kappa shape index (κ2) is 9.13. The van der Waals surface area contributed by atoms with E-state index in [0.29, 0.717) is 19.5 Å². The van der Waals surface area contributed by atoms with E-state index in [1.165, 1.54) is 12.1 Å². The maximum Gasteiger partial charge on any atom is 0.416 e. The van der Waals surface area contributed by atoms with Crippen LogP contribution in [0.3, 0.4) is 0 Å². The summed E-state index contributed by atoms with van der Waals surface area (Å²) < 4.78 is 44.8. The van der Waals surface area contributed by atoms with E-state index in [9.17, 15) is 18.3 Å². The van der Waals surface area contributed by atoms with Gasteiger partial charge in [0.15, 0.2) is 0 Å². The fraction of sp³-hybridized carbons (Fsp3) is 0.300. The minimum Gasteiger partial charge on any atom is -0.405 e. The number of halogens is 4. The molecule has 2 N–H and O–H groups in total. The fourth-order valence-electron chi connectivity index (χ4n) is 3.17. The number of aliphatic hydroxyl groups excluding tert-OH is 1. The molecule has 1 atom stereocenters. The molecule has 3 aromatic rings. The molecule has 12 heteroatoms. The first kappa shape index (κ1) is 22.0.